The molecule has 0 saturated heterocycles. The molecule has 1 aromatic carbocycles. The summed E-state index contributed by atoms with van der Waals surface area (Å²) in [4.78, 5) is 18.3. The van der Waals surface area contributed by atoms with Crippen molar-refractivity contribution < 1.29 is 9.47 Å². The first-order valence-electron chi connectivity index (χ1n) is 10.9. The number of fused-ring (bicyclic) bond motifs is 7. The summed E-state index contributed by atoms with van der Waals surface area (Å²) in [7, 11) is 0. The van der Waals surface area contributed by atoms with Gasteiger partial charge in [0.2, 0.25) is 0 Å². The summed E-state index contributed by atoms with van der Waals surface area (Å²) in [6.45, 7) is 12.4. The van der Waals surface area contributed by atoms with E-state index in [2.05, 4.69) is 18.7 Å². The molecule has 1 unspecified atom stereocenters. The highest BCUT2D eigenvalue weighted by Gasteiger charge is 2.32. The van der Waals surface area contributed by atoms with Crippen molar-refractivity contribution in [3.05, 3.63) is 74.3 Å². The lowest BCUT2D eigenvalue weighted by atomic mass is 9.92. The molecular weight excluding hydrogens is 390 g/mol. The van der Waals surface area contributed by atoms with E-state index in [0.29, 0.717) is 32.1 Å². The summed E-state index contributed by atoms with van der Waals surface area (Å²) in [6, 6.07) is 6.22. The van der Waals surface area contributed by atoms with Crippen molar-refractivity contribution in [1.82, 2.24) is 9.55 Å². The van der Waals surface area contributed by atoms with Crippen molar-refractivity contribution in [2.75, 3.05) is 0 Å². The van der Waals surface area contributed by atoms with Gasteiger partial charge in [-0.1, -0.05) is 33.4 Å². The van der Waals surface area contributed by atoms with Crippen LogP contribution < -0.4 is 11.3 Å². The number of ether oxygens (including phenoxy) is 2. The van der Waals surface area contributed by atoms with Crippen LogP contribution in [0.15, 0.2) is 35.3 Å². The van der Waals surface area contributed by atoms with Crippen molar-refractivity contribution in [2.45, 2.75) is 59.6 Å². The summed E-state index contributed by atoms with van der Waals surface area (Å²) in [5, 5.41) is 1.09. The van der Waals surface area contributed by atoms with Gasteiger partial charge < -0.3 is 19.8 Å². The van der Waals surface area contributed by atoms with E-state index in [-0.39, 0.29) is 18.1 Å². The maximum atomic E-state index is 13.3. The van der Waals surface area contributed by atoms with E-state index >= 15 is 0 Å². The Morgan fingerprint density at radius 3 is 2.77 bits per heavy atom. The van der Waals surface area contributed by atoms with Crippen molar-refractivity contribution in [1.29, 1.82) is 0 Å². The van der Waals surface area contributed by atoms with Gasteiger partial charge in [-0.3, -0.25) is 4.79 Å². The second kappa shape index (κ2) is 7.32. The van der Waals surface area contributed by atoms with E-state index < -0.39 is 0 Å². The normalized spacial score (nSPS) is 17.9. The van der Waals surface area contributed by atoms with Crippen LogP contribution in [0.5, 0.6) is 0 Å². The molecule has 5 heterocycles. The van der Waals surface area contributed by atoms with Crippen molar-refractivity contribution in [3.8, 4) is 11.4 Å². The van der Waals surface area contributed by atoms with Crippen LogP contribution in [-0.4, -0.2) is 9.55 Å². The molecule has 0 spiro atoms. The molecule has 1 atom stereocenters. The van der Waals surface area contributed by atoms with Crippen LogP contribution in [0.3, 0.4) is 0 Å². The van der Waals surface area contributed by atoms with Crippen molar-refractivity contribution in [3.63, 3.8) is 0 Å². The molecule has 0 saturated carbocycles. The summed E-state index contributed by atoms with van der Waals surface area (Å²) in [6.07, 6.45) is 0. The lowest BCUT2D eigenvalue weighted by Crippen LogP contribution is -2.28. The van der Waals surface area contributed by atoms with Crippen LogP contribution in [0.1, 0.15) is 60.1 Å². The molecule has 31 heavy (non-hydrogen) atoms. The third-order valence-corrected chi connectivity index (χ3v) is 6.63. The molecule has 0 fully saturated rings. The van der Waals surface area contributed by atoms with Gasteiger partial charge in [0.1, 0.15) is 6.61 Å². The minimum atomic E-state index is -0.0174. The van der Waals surface area contributed by atoms with Crippen LogP contribution in [0, 0.1) is 0 Å². The van der Waals surface area contributed by atoms with Crippen LogP contribution in [-0.2, 0) is 42.4 Å². The highest BCUT2D eigenvalue weighted by atomic mass is 16.5. The Labute approximate surface area is 181 Å². The SMILES string of the molecule is C=C1OCc2c(cc3n(c2=O)Cc2c-3nc3ccc4c(c3c2CN)COC4)C1C.CC. The maximum absolute atomic E-state index is 13.3. The minimum absolute atomic E-state index is 0.00422. The topological polar surface area (TPSA) is 79.4 Å². The summed E-state index contributed by atoms with van der Waals surface area (Å²) >= 11 is 0. The molecule has 6 heteroatoms. The first-order chi connectivity index (χ1) is 15.1. The fraction of sp³-hybridized carbons (Fsp3) is 0.360. The number of rotatable bonds is 1. The molecule has 3 aliphatic heterocycles. The van der Waals surface area contributed by atoms with Crippen LogP contribution >= 0.6 is 0 Å². The zero-order valence-corrected chi connectivity index (χ0v) is 18.2. The molecule has 6 nitrogen and oxygen atoms in total. The second-order valence-electron chi connectivity index (χ2n) is 8.04. The molecule has 6 rings (SSSR count). The van der Waals surface area contributed by atoms with E-state index in [0.717, 1.165) is 44.5 Å². The summed E-state index contributed by atoms with van der Waals surface area (Å²) < 4.78 is 13.1. The third kappa shape index (κ3) is 2.71. The van der Waals surface area contributed by atoms with E-state index in [9.17, 15) is 4.79 Å². The van der Waals surface area contributed by atoms with Gasteiger partial charge in [0.05, 0.1) is 48.0 Å². The molecule has 0 amide bonds. The monoisotopic (exact) mass is 417 g/mol. The van der Waals surface area contributed by atoms with Crippen molar-refractivity contribution in [2.24, 2.45) is 5.73 Å². The van der Waals surface area contributed by atoms with Gasteiger partial charge in [-0.25, -0.2) is 4.98 Å². The number of benzene rings is 1. The highest BCUT2D eigenvalue weighted by Crippen LogP contribution is 2.41. The second-order valence-corrected chi connectivity index (χ2v) is 8.04. The largest absolute Gasteiger partial charge is 0.493 e. The number of hydrogen-bond donors (Lipinski definition) is 1. The third-order valence-electron chi connectivity index (χ3n) is 6.63. The Morgan fingerprint density at radius 2 is 2.00 bits per heavy atom. The highest BCUT2D eigenvalue weighted by molar-refractivity contribution is 5.91. The van der Waals surface area contributed by atoms with Crippen molar-refractivity contribution >= 4 is 10.9 Å². The molecule has 3 aromatic rings. The van der Waals surface area contributed by atoms with Crippen LogP contribution in [0.2, 0.25) is 0 Å². The average molecular weight is 418 g/mol. The van der Waals surface area contributed by atoms with E-state index in [1.807, 2.05) is 31.4 Å². The molecule has 160 valence electrons. The molecule has 3 aliphatic rings. The number of pyridine rings is 2. The van der Waals surface area contributed by atoms with E-state index in [4.69, 9.17) is 20.2 Å². The smallest absolute Gasteiger partial charge is 0.258 e. The standard InChI is InChI=1S/C23H21N3O3.C2H6/c1-11-12(2)29-10-18-14(11)5-20-22-16(7-26(20)23(18)27)15(6-24)21-17-9-28-8-13(17)3-4-19(21)25-22;1-2/h3-5,11H,2,6-10,24H2,1H3;1-2H3. The van der Waals surface area contributed by atoms with Gasteiger partial charge in [0, 0.05) is 23.4 Å². The summed E-state index contributed by atoms with van der Waals surface area (Å²) in [5.74, 6) is 0.681. The van der Waals surface area contributed by atoms with Gasteiger partial charge in [-0.05, 0) is 34.4 Å². The molecular formula is C25H27N3O3. The Morgan fingerprint density at radius 1 is 1.19 bits per heavy atom. The van der Waals surface area contributed by atoms with Gasteiger partial charge in [0.25, 0.3) is 5.56 Å². The molecule has 0 aliphatic carbocycles. The number of nitrogens with two attached hydrogens (primary N) is 1. The van der Waals surface area contributed by atoms with Gasteiger partial charge in [0.15, 0.2) is 0 Å². The van der Waals surface area contributed by atoms with E-state index in [1.165, 1.54) is 11.1 Å². The average Bonchev–Trinajstić information content (AvgIpc) is 3.41. The predicted molar refractivity (Wildman–Crippen MR) is 121 cm³/mol. The molecule has 2 N–H and O–H groups in total. The quantitative estimate of drug-likeness (QED) is 0.505. The van der Waals surface area contributed by atoms with Crippen LogP contribution in [0.25, 0.3) is 22.3 Å². The zero-order chi connectivity index (χ0) is 21.9. The van der Waals surface area contributed by atoms with Gasteiger partial charge in [-0.2, -0.15) is 0 Å². The Hall–Kier alpha value is -2.96. The molecule has 0 radical (unpaired) electrons. The van der Waals surface area contributed by atoms with E-state index in [1.54, 1.807) is 0 Å². The number of nitrogens with zero attached hydrogens (tertiary/aromatic N) is 2. The number of aromatic nitrogens is 2. The lowest BCUT2D eigenvalue weighted by Gasteiger charge is -2.25. The number of hydrogen-bond acceptors (Lipinski definition) is 5. The zero-order valence-electron chi connectivity index (χ0n) is 18.2. The van der Waals surface area contributed by atoms with Gasteiger partial charge >= 0.3 is 0 Å². The first kappa shape index (κ1) is 20.0. The Balaban J connectivity index is 0.000000994. The number of allylic oxidation sites excluding steroid dienone is 1. The predicted octanol–water partition coefficient (Wildman–Crippen LogP) is 4.09. The lowest BCUT2D eigenvalue weighted by molar-refractivity contribution is 0.135. The fourth-order valence-electron chi connectivity index (χ4n) is 4.97. The Bertz CT molecular complexity index is 1310. The van der Waals surface area contributed by atoms with Crippen LogP contribution in [0.4, 0.5) is 0 Å². The molecule has 2 aromatic heterocycles. The fourth-order valence-corrected chi connectivity index (χ4v) is 4.97. The minimum Gasteiger partial charge on any atom is -0.493 e. The first-order valence-corrected chi connectivity index (χ1v) is 10.9. The van der Waals surface area contributed by atoms with Gasteiger partial charge in [-0.15, -0.1) is 0 Å². The Kier molecular flexibility index (Phi) is 4.72. The summed E-state index contributed by atoms with van der Waals surface area (Å²) in [5.41, 5.74) is 15.1. The molecule has 0 bridgehead atoms. The maximum Gasteiger partial charge on any atom is 0.258 e.